The Hall–Kier alpha value is -1.42. The van der Waals surface area contributed by atoms with Gasteiger partial charge in [0.25, 0.3) is 0 Å². The Morgan fingerprint density at radius 2 is 2.13 bits per heavy atom. The van der Waals surface area contributed by atoms with E-state index in [1.54, 1.807) is 6.20 Å². The van der Waals surface area contributed by atoms with Crippen LogP contribution in [0.15, 0.2) is 35.2 Å². The molecular weight excluding hydrogens is 254 g/mol. The number of rotatable bonds is 0. The summed E-state index contributed by atoms with van der Waals surface area (Å²) in [7, 11) is 0. The highest BCUT2D eigenvalue weighted by atomic mass is 79.9. The third-order valence-electron chi connectivity index (χ3n) is 2.49. The van der Waals surface area contributed by atoms with E-state index < -0.39 is 0 Å². The van der Waals surface area contributed by atoms with Crippen LogP contribution >= 0.6 is 15.9 Å². The van der Waals surface area contributed by atoms with Crippen LogP contribution < -0.4 is 0 Å². The summed E-state index contributed by atoms with van der Waals surface area (Å²) in [6.07, 6.45) is 5.67. The molecular formula is C11H8BrN3. The van der Waals surface area contributed by atoms with E-state index >= 15 is 0 Å². The first-order valence-electron chi connectivity index (χ1n) is 4.63. The molecule has 0 aliphatic heterocycles. The Labute approximate surface area is 94.9 Å². The number of pyridine rings is 2. The van der Waals surface area contributed by atoms with Crippen LogP contribution in [-0.2, 0) is 0 Å². The van der Waals surface area contributed by atoms with Gasteiger partial charge in [0.05, 0.1) is 5.52 Å². The minimum absolute atomic E-state index is 0.957. The monoisotopic (exact) mass is 261 g/mol. The van der Waals surface area contributed by atoms with E-state index in [0.29, 0.717) is 0 Å². The first-order chi connectivity index (χ1) is 7.25. The molecule has 0 atom stereocenters. The van der Waals surface area contributed by atoms with Gasteiger partial charge in [-0.3, -0.25) is 4.98 Å². The van der Waals surface area contributed by atoms with Gasteiger partial charge in [0.15, 0.2) is 0 Å². The molecule has 0 fully saturated rings. The van der Waals surface area contributed by atoms with E-state index in [1.807, 2.05) is 31.5 Å². The molecule has 0 aliphatic rings. The Kier molecular flexibility index (Phi) is 1.79. The minimum atomic E-state index is 0.957. The van der Waals surface area contributed by atoms with Gasteiger partial charge in [-0.05, 0) is 35.0 Å². The average molecular weight is 262 g/mol. The summed E-state index contributed by atoms with van der Waals surface area (Å²) in [5, 5.41) is 1.07. The van der Waals surface area contributed by atoms with Crippen molar-refractivity contribution in [1.29, 1.82) is 0 Å². The first kappa shape index (κ1) is 8.85. The summed E-state index contributed by atoms with van der Waals surface area (Å²) >= 11 is 3.43. The van der Waals surface area contributed by atoms with Crippen molar-refractivity contribution >= 4 is 32.5 Å². The largest absolute Gasteiger partial charge is 0.304 e. The maximum Gasteiger partial charge on any atom is 0.146 e. The molecule has 0 saturated heterocycles. The summed E-state index contributed by atoms with van der Waals surface area (Å²) in [6.45, 7) is 2.04. The van der Waals surface area contributed by atoms with Gasteiger partial charge in [0.1, 0.15) is 5.65 Å². The maximum atomic E-state index is 4.39. The number of nitrogens with zero attached hydrogens (tertiary/aromatic N) is 3. The predicted octanol–water partition coefficient (Wildman–Crippen LogP) is 2.95. The minimum Gasteiger partial charge on any atom is -0.304 e. The second-order valence-electron chi connectivity index (χ2n) is 3.50. The van der Waals surface area contributed by atoms with Crippen LogP contribution in [0, 0.1) is 6.92 Å². The van der Waals surface area contributed by atoms with E-state index in [-0.39, 0.29) is 0 Å². The predicted molar refractivity (Wildman–Crippen MR) is 62.9 cm³/mol. The van der Waals surface area contributed by atoms with Crippen molar-refractivity contribution in [3.05, 3.63) is 40.9 Å². The zero-order chi connectivity index (χ0) is 10.4. The fraction of sp³-hybridized carbons (Fsp3) is 0.0909. The number of imidazole rings is 1. The number of aromatic nitrogens is 3. The molecule has 0 N–H and O–H groups in total. The quantitative estimate of drug-likeness (QED) is 0.623. The molecule has 0 spiro atoms. The lowest BCUT2D eigenvalue weighted by Crippen LogP contribution is -1.89. The lowest BCUT2D eigenvalue weighted by Gasteiger charge is -2.01. The zero-order valence-corrected chi connectivity index (χ0v) is 9.69. The van der Waals surface area contributed by atoms with Gasteiger partial charge in [-0.1, -0.05) is 0 Å². The molecule has 0 unspecified atom stereocenters. The second-order valence-corrected chi connectivity index (χ2v) is 4.41. The molecule has 0 radical (unpaired) electrons. The molecule has 0 aliphatic carbocycles. The van der Waals surface area contributed by atoms with Crippen molar-refractivity contribution < 1.29 is 0 Å². The SMILES string of the molecule is Cc1cnc2c3cc(Br)cnc3ccn12. The van der Waals surface area contributed by atoms with Crippen LogP contribution in [0.1, 0.15) is 5.69 Å². The number of hydrogen-bond acceptors (Lipinski definition) is 2. The van der Waals surface area contributed by atoms with Gasteiger partial charge in [-0.25, -0.2) is 4.98 Å². The van der Waals surface area contributed by atoms with Crippen LogP contribution in [0.25, 0.3) is 16.6 Å². The highest BCUT2D eigenvalue weighted by Crippen LogP contribution is 2.21. The van der Waals surface area contributed by atoms with Crippen molar-refractivity contribution in [3.8, 4) is 0 Å². The molecule has 0 bridgehead atoms. The maximum absolute atomic E-state index is 4.39. The van der Waals surface area contributed by atoms with Gasteiger partial charge in [0, 0.05) is 34.1 Å². The Morgan fingerprint density at radius 1 is 1.27 bits per heavy atom. The molecule has 0 amide bonds. The third-order valence-corrected chi connectivity index (χ3v) is 2.92. The van der Waals surface area contributed by atoms with Crippen LogP contribution in [0.2, 0.25) is 0 Å². The Balaban J connectivity index is 2.57. The molecule has 3 aromatic rings. The molecule has 3 aromatic heterocycles. The van der Waals surface area contributed by atoms with Crippen molar-refractivity contribution in [3.63, 3.8) is 0 Å². The lowest BCUT2D eigenvalue weighted by atomic mass is 10.2. The smallest absolute Gasteiger partial charge is 0.146 e. The average Bonchev–Trinajstić information content (AvgIpc) is 2.61. The van der Waals surface area contributed by atoms with E-state index in [1.165, 1.54) is 0 Å². The van der Waals surface area contributed by atoms with Crippen molar-refractivity contribution in [2.45, 2.75) is 6.92 Å². The van der Waals surface area contributed by atoms with Crippen LogP contribution in [-0.4, -0.2) is 14.4 Å². The van der Waals surface area contributed by atoms with Crippen LogP contribution in [0.5, 0.6) is 0 Å². The number of halogens is 1. The fourth-order valence-corrected chi connectivity index (χ4v) is 2.07. The van der Waals surface area contributed by atoms with Crippen molar-refractivity contribution in [2.75, 3.05) is 0 Å². The van der Waals surface area contributed by atoms with Gasteiger partial charge < -0.3 is 4.40 Å². The number of hydrogen-bond donors (Lipinski definition) is 0. The molecule has 4 heteroatoms. The van der Waals surface area contributed by atoms with Gasteiger partial charge in [-0.15, -0.1) is 0 Å². The highest BCUT2D eigenvalue weighted by molar-refractivity contribution is 9.10. The molecule has 0 aromatic carbocycles. The van der Waals surface area contributed by atoms with E-state index in [9.17, 15) is 0 Å². The van der Waals surface area contributed by atoms with Crippen molar-refractivity contribution in [1.82, 2.24) is 14.4 Å². The molecule has 0 saturated carbocycles. The Morgan fingerprint density at radius 3 is 3.00 bits per heavy atom. The third kappa shape index (κ3) is 1.25. The zero-order valence-electron chi connectivity index (χ0n) is 8.11. The standard InChI is InChI=1S/C11H8BrN3/c1-7-5-14-11-9-4-8(12)6-13-10(9)2-3-15(7)11/h2-6H,1H3. The van der Waals surface area contributed by atoms with E-state index in [4.69, 9.17) is 0 Å². The van der Waals surface area contributed by atoms with E-state index in [2.05, 4.69) is 30.3 Å². The second kappa shape index (κ2) is 3.03. The summed E-state index contributed by atoms with van der Waals surface area (Å²) in [5.41, 5.74) is 3.06. The van der Waals surface area contributed by atoms with E-state index in [0.717, 1.165) is 26.7 Å². The lowest BCUT2D eigenvalue weighted by molar-refractivity contribution is 1.12. The molecule has 15 heavy (non-hydrogen) atoms. The topological polar surface area (TPSA) is 30.2 Å². The molecule has 74 valence electrons. The van der Waals surface area contributed by atoms with Crippen LogP contribution in [0.4, 0.5) is 0 Å². The van der Waals surface area contributed by atoms with Crippen molar-refractivity contribution in [2.24, 2.45) is 0 Å². The summed E-state index contributed by atoms with van der Waals surface area (Å²) < 4.78 is 3.04. The normalized spacial score (nSPS) is 11.3. The fourth-order valence-electron chi connectivity index (χ4n) is 1.74. The van der Waals surface area contributed by atoms with Gasteiger partial charge in [0.2, 0.25) is 0 Å². The molecule has 3 heterocycles. The van der Waals surface area contributed by atoms with Gasteiger partial charge >= 0.3 is 0 Å². The van der Waals surface area contributed by atoms with Gasteiger partial charge in [-0.2, -0.15) is 0 Å². The first-order valence-corrected chi connectivity index (χ1v) is 5.43. The summed E-state index contributed by atoms with van der Waals surface area (Å²) in [4.78, 5) is 8.73. The summed E-state index contributed by atoms with van der Waals surface area (Å²) in [5.74, 6) is 0. The number of fused-ring (bicyclic) bond motifs is 3. The summed E-state index contributed by atoms with van der Waals surface area (Å²) in [6, 6.07) is 4.05. The highest BCUT2D eigenvalue weighted by Gasteiger charge is 2.05. The van der Waals surface area contributed by atoms with Crippen LogP contribution in [0.3, 0.4) is 0 Å². The Bertz CT molecular complexity index is 657. The molecule has 3 rings (SSSR count). The molecule has 3 nitrogen and oxygen atoms in total. The number of aryl methyl sites for hydroxylation is 1.